The average molecular weight is 599 g/mol. The van der Waals surface area contributed by atoms with E-state index in [0.29, 0.717) is 17.6 Å². The van der Waals surface area contributed by atoms with Gasteiger partial charge in [-0.25, -0.2) is 14.9 Å². The number of hydrogen-bond donors (Lipinski definition) is 0. The number of aromatic nitrogens is 3. The van der Waals surface area contributed by atoms with Crippen molar-refractivity contribution in [1.82, 2.24) is 15.0 Å². The minimum Gasteiger partial charge on any atom is -0.302 e. The van der Waals surface area contributed by atoms with Gasteiger partial charge in [-0.05, 0) is 62.1 Å². The summed E-state index contributed by atoms with van der Waals surface area (Å²) in [7, 11) is 0. The molecule has 0 radical (unpaired) electrons. The maximum atomic E-state index is 5.35. The quantitative estimate of drug-likeness (QED) is 0.198. The summed E-state index contributed by atoms with van der Waals surface area (Å²) in [6.45, 7) is 8.92. The van der Waals surface area contributed by atoms with Gasteiger partial charge in [0.25, 0.3) is 0 Å². The van der Waals surface area contributed by atoms with Gasteiger partial charge < -0.3 is 4.90 Å². The van der Waals surface area contributed by atoms with Crippen LogP contribution in [0.15, 0.2) is 138 Å². The first-order chi connectivity index (χ1) is 22.3. The first-order valence-electron chi connectivity index (χ1n) is 15.7. The second-order valence-corrected chi connectivity index (χ2v) is 12.8. The van der Waals surface area contributed by atoms with Gasteiger partial charge in [0.2, 0.25) is 11.9 Å². The van der Waals surface area contributed by atoms with Crippen LogP contribution in [0.3, 0.4) is 0 Å². The van der Waals surface area contributed by atoms with Gasteiger partial charge in [-0.15, -0.1) is 0 Å². The molecule has 46 heavy (non-hydrogen) atoms. The molecule has 5 aromatic carbocycles. The highest BCUT2D eigenvalue weighted by atomic mass is 15.5. The SMILES string of the molecule is CC1(C)N=C2N(c3nc(-c4ccccc4)nc(-c4ccccc4)n3)c3ccc(-c4ccccc4-c4ccccc4)cc3N2C1(C)C. The lowest BCUT2D eigenvalue weighted by molar-refractivity contribution is 0.338. The van der Waals surface area contributed by atoms with Gasteiger partial charge >= 0.3 is 0 Å². The van der Waals surface area contributed by atoms with Crippen LogP contribution < -0.4 is 9.80 Å². The molecule has 0 saturated heterocycles. The number of fused-ring (bicyclic) bond motifs is 3. The van der Waals surface area contributed by atoms with Gasteiger partial charge in [-0.1, -0.05) is 121 Å². The molecule has 8 rings (SSSR count). The molecule has 0 saturated carbocycles. The molecular formula is C40H34N6. The first kappa shape index (κ1) is 27.9. The molecule has 6 heteroatoms. The molecule has 6 nitrogen and oxygen atoms in total. The number of anilines is 3. The fraction of sp³-hybridized carbons (Fsp3) is 0.150. The van der Waals surface area contributed by atoms with Crippen molar-refractivity contribution in [3.05, 3.63) is 133 Å². The predicted molar refractivity (Wildman–Crippen MR) is 188 cm³/mol. The van der Waals surface area contributed by atoms with Crippen LogP contribution >= 0.6 is 0 Å². The van der Waals surface area contributed by atoms with Gasteiger partial charge in [0.15, 0.2) is 11.6 Å². The lowest BCUT2D eigenvalue weighted by atomic mass is 9.83. The van der Waals surface area contributed by atoms with E-state index in [0.717, 1.165) is 34.0 Å². The van der Waals surface area contributed by atoms with Crippen LogP contribution in [-0.4, -0.2) is 32.0 Å². The van der Waals surface area contributed by atoms with Gasteiger partial charge in [0.05, 0.1) is 22.5 Å². The zero-order valence-electron chi connectivity index (χ0n) is 26.4. The summed E-state index contributed by atoms with van der Waals surface area (Å²) < 4.78 is 0. The lowest BCUT2D eigenvalue weighted by Crippen LogP contribution is -2.53. The molecule has 0 unspecified atom stereocenters. The largest absolute Gasteiger partial charge is 0.302 e. The fourth-order valence-corrected chi connectivity index (χ4v) is 6.39. The van der Waals surface area contributed by atoms with Crippen molar-refractivity contribution in [1.29, 1.82) is 0 Å². The van der Waals surface area contributed by atoms with Crippen molar-refractivity contribution < 1.29 is 0 Å². The molecule has 0 spiro atoms. The Morgan fingerprint density at radius 1 is 0.478 bits per heavy atom. The van der Waals surface area contributed by atoms with E-state index >= 15 is 0 Å². The average Bonchev–Trinajstić information content (AvgIpc) is 3.51. The van der Waals surface area contributed by atoms with E-state index < -0.39 is 0 Å². The number of guanidine groups is 1. The van der Waals surface area contributed by atoms with Crippen molar-refractivity contribution in [2.24, 2.45) is 4.99 Å². The second-order valence-electron chi connectivity index (χ2n) is 12.8. The molecular weight excluding hydrogens is 564 g/mol. The van der Waals surface area contributed by atoms with Crippen molar-refractivity contribution in [3.63, 3.8) is 0 Å². The Bertz CT molecular complexity index is 2050. The highest BCUT2D eigenvalue weighted by Gasteiger charge is 2.55. The molecule has 2 aliphatic heterocycles. The Morgan fingerprint density at radius 3 is 1.54 bits per heavy atom. The number of nitrogens with zero attached hydrogens (tertiary/aromatic N) is 6. The maximum Gasteiger partial charge on any atom is 0.241 e. The van der Waals surface area contributed by atoms with Crippen LogP contribution in [0.4, 0.5) is 17.3 Å². The molecule has 1 aromatic heterocycles. The maximum absolute atomic E-state index is 5.35. The Morgan fingerprint density at radius 2 is 0.978 bits per heavy atom. The summed E-state index contributed by atoms with van der Waals surface area (Å²) >= 11 is 0. The number of benzene rings is 5. The highest BCUT2D eigenvalue weighted by molar-refractivity contribution is 6.22. The van der Waals surface area contributed by atoms with E-state index in [1.807, 2.05) is 60.7 Å². The third-order valence-electron chi connectivity index (χ3n) is 9.50. The normalized spacial score (nSPS) is 15.8. The predicted octanol–water partition coefficient (Wildman–Crippen LogP) is 9.42. The molecule has 3 heterocycles. The van der Waals surface area contributed by atoms with E-state index in [1.165, 1.54) is 16.7 Å². The number of aliphatic imine (C=N–C) groups is 1. The van der Waals surface area contributed by atoms with Crippen LogP contribution in [-0.2, 0) is 0 Å². The van der Waals surface area contributed by atoms with Gasteiger partial charge in [-0.3, -0.25) is 0 Å². The molecule has 0 aliphatic carbocycles. The number of rotatable bonds is 5. The Labute approximate surface area is 269 Å². The summed E-state index contributed by atoms with van der Waals surface area (Å²) in [4.78, 5) is 25.0. The van der Waals surface area contributed by atoms with Crippen LogP contribution in [0.2, 0.25) is 0 Å². The van der Waals surface area contributed by atoms with E-state index in [9.17, 15) is 0 Å². The Kier molecular flexibility index (Phi) is 6.36. The zero-order chi connectivity index (χ0) is 31.5. The molecule has 0 amide bonds. The third-order valence-corrected chi connectivity index (χ3v) is 9.50. The van der Waals surface area contributed by atoms with Crippen molar-refractivity contribution in [3.8, 4) is 45.0 Å². The van der Waals surface area contributed by atoms with Crippen LogP contribution in [0.1, 0.15) is 27.7 Å². The topological polar surface area (TPSA) is 57.5 Å². The summed E-state index contributed by atoms with van der Waals surface area (Å²) in [6, 6.07) is 46.1. The van der Waals surface area contributed by atoms with Crippen molar-refractivity contribution >= 4 is 23.3 Å². The minimum absolute atomic E-state index is 0.318. The van der Waals surface area contributed by atoms with Crippen LogP contribution in [0, 0.1) is 0 Å². The van der Waals surface area contributed by atoms with E-state index in [1.54, 1.807) is 0 Å². The van der Waals surface area contributed by atoms with Crippen LogP contribution in [0.25, 0.3) is 45.0 Å². The van der Waals surface area contributed by atoms with E-state index in [-0.39, 0.29) is 11.1 Å². The van der Waals surface area contributed by atoms with Crippen molar-refractivity contribution in [2.75, 3.05) is 9.80 Å². The minimum atomic E-state index is -0.367. The van der Waals surface area contributed by atoms with Gasteiger partial charge in [-0.2, -0.15) is 9.97 Å². The summed E-state index contributed by atoms with van der Waals surface area (Å²) in [5.41, 5.74) is 7.97. The molecule has 0 N–H and O–H groups in total. The first-order valence-corrected chi connectivity index (χ1v) is 15.7. The van der Waals surface area contributed by atoms with Crippen LogP contribution in [0.5, 0.6) is 0 Å². The van der Waals surface area contributed by atoms with Crippen molar-refractivity contribution in [2.45, 2.75) is 38.8 Å². The van der Waals surface area contributed by atoms with Gasteiger partial charge in [0, 0.05) is 11.1 Å². The summed E-state index contributed by atoms with van der Waals surface area (Å²) in [6.07, 6.45) is 0. The van der Waals surface area contributed by atoms with E-state index in [4.69, 9.17) is 19.9 Å². The van der Waals surface area contributed by atoms with Gasteiger partial charge in [0.1, 0.15) is 0 Å². The standard InChI is InChI=1S/C40H34N6/c1-39(2)40(3,4)46-34-26-30(32-23-15-14-22-31(32)27-16-8-5-9-17-27)24-25-33(34)45(38(46)44-39)37-42-35(28-18-10-6-11-19-28)41-36(43-37)29-20-12-7-13-21-29/h5-26H,1-4H3. The van der Waals surface area contributed by atoms with E-state index in [2.05, 4.69) is 110 Å². The second kappa shape index (κ2) is 10.5. The molecule has 0 atom stereocenters. The molecule has 0 bridgehead atoms. The summed E-state index contributed by atoms with van der Waals surface area (Å²) in [5, 5.41) is 0. The monoisotopic (exact) mass is 598 g/mol. The number of hydrogen-bond acceptors (Lipinski definition) is 6. The zero-order valence-corrected chi connectivity index (χ0v) is 26.4. The highest BCUT2D eigenvalue weighted by Crippen LogP contribution is 2.53. The third kappa shape index (κ3) is 4.40. The summed E-state index contributed by atoms with van der Waals surface area (Å²) in [5.74, 6) is 2.61. The Balaban J connectivity index is 1.34. The Hall–Kier alpha value is -5.62. The molecule has 2 aliphatic rings. The lowest BCUT2D eigenvalue weighted by Gasteiger charge is -2.39. The smallest absolute Gasteiger partial charge is 0.241 e. The molecule has 224 valence electrons. The molecule has 0 fully saturated rings. The molecule has 6 aromatic rings. The fourth-order valence-electron chi connectivity index (χ4n) is 6.39.